The van der Waals surface area contributed by atoms with E-state index in [9.17, 15) is 0 Å². The highest BCUT2D eigenvalue weighted by molar-refractivity contribution is 5.14. The van der Waals surface area contributed by atoms with Gasteiger partial charge in [0, 0.05) is 12.4 Å². The van der Waals surface area contributed by atoms with Crippen molar-refractivity contribution in [2.75, 3.05) is 0 Å². The predicted molar refractivity (Wildman–Crippen MR) is 34.2 cm³/mol. The average Bonchev–Trinajstić information content (AvgIpc) is 1.90. The Morgan fingerprint density at radius 1 is 0.750 bits per heavy atom. The minimum atomic E-state index is 0. The fourth-order valence-electron chi connectivity index (χ4n) is 0.406. The van der Waals surface area contributed by atoms with Crippen molar-refractivity contribution in [1.29, 1.82) is 0 Å². The number of rotatable bonds is 0. The van der Waals surface area contributed by atoms with Crippen molar-refractivity contribution in [3.63, 3.8) is 0 Å². The summed E-state index contributed by atoms with van der Waals surface area (Å²) in [5.74, 6) is 0. The molecule has 0 bridgehead atoms. The summed E-state index contributed by atoms with van der Waals surface area (Å²) in [6.07, 6.45) is 11.6. The summed E-state index contributed by atoms with van der Waals surface area (Å²) in [4.78, 5) is 0. The molecule has 1 heterocycles. The van der Waals surface area contributed by atoms with Crippen molar-refractivity contribution >= 4 is 0 Å². The third-order valence-corrected chi connectivity index (χ3v) is 0.718. The minimum absolute atomic E-state index is 0. The van der Waals surface area contributed by atoms with Crippen molar-refractivity contribution in [3.05, 3.63) is 36.7 Å². The van der Waals surface area contributed by atoms with Crippen molar-refractivity contribution in [2.24, 2.45) is 0 Å². The lowest BCUT2D eigenvalue weighted by Gasteiger charge is -1.79. The highest BCUT2D eigenvalue weighted by Gasteiger charge is 1.67. The van der Waals surface area contributed by atoms with Crippen LogP contribution in [0, 0.1) is 0 Å². The first-order valence-electron chi connectivity index (χ1n) is 2.24. The fourth-order valence-corrected chi connectivity index (χ4v) is 0.406. The van der Waals surface area contributed by atoms with Gasteiger partial charge in [-0.15, -0.1) is 0 Å². The summed E-state index contributed by atoms with van der Waals surface area (Å²) in [5, 5.41) is 2.92. The van der Waals surface area contributed by atoms with Crippen molar-refractivity contribution < 1.29 is 5.48 Å². The Labute approximate surface area is 48.5 Å². The molecule has 0 saturated heterocycles. The Morgan fingerprint density at radius 2 is 1.25 bits per heavy atom. The Hall–Kier alpha value is -1.02. The van der Waals surface area contributed by atoms with Crippen LogP contribution in [-0.2, 0) is 0 Å². The highest BCUT2D eigenvalue weighted by Crippen LogP contribution is 1.81. The molecule has 1 rings (SSSR count). The molecule has 0 aromatic heterocycles. The van der Waals surface area contributed by atoms with Crippen LogP contribution in [-0.4, -0.2) is 5.48 Å². The summed E-state index contributed by atoms with van der Waals surface area (Å²) in [5.41, 5.74) is 0. The molecule has 0 aromatic rings. The van der Waals surface area contributed by atoms with Gasteiger partial charge in [-0.3, -0.25) is 0 Å². The first-order chi connectivity index (χ1) is 3.50. The monoisotopic (exact) mass is 111 g/mol. The van der Waals surface area contributed by atoms with E-state index in [1.165, 1.54) is 0 Å². The first kappa shape index (κ1) is 6.98. The number of hydrogen-bond acceptors (Lipinski definition) is 1. The van der Waals surface area contributed by atoms with Crippen molar-refractivity contribution in [3.8, 4) is 0 Å². The van der Waals surface area contributed by atoms with Crippen LogP contribution in [0.15, 0.2) is 36.7 Å². The lowest BCUT2D eigenvalue weighted by Crippen LogP contribution is -1.87. The largest absolute Gasteiger partial charge is 0.412 e. The second-order valence-electron chi connectivity index (χ2n) is 1.27. The smallest absolute Gasteiger partial charge is 0.000442 e. The van der Waals surface area contributed by atoms with Gasteiger partial charge in [-0.1, -0.05) is 12.2 Å². The van der Waals surface area contributed by atoms with E-state index < -0.39 is 0 Å². The lowest BCUT2D eigenvalue weighted by atomic mass is 10.5. The SMILES string of the molecule is C1=CC=CNC=C1.O. The van der Waals surface area contributed by atoms with Gasteiger partial charge < -0.3 is 10.8 Å². The maximum atomic E-state index is 2.92. The second-order valence-corrected chi connectivity index (χ2v) is 1.27. The van der Waals surface area contributed by atoms with E-state index in [2.05, 4.69) is 5.32 Å². The van der Waals surface area contributed by atoms with Crippen LogP contribution in [0.2, 0.25) is 0 Å². The lowest BCUT2D eigenvalue weighted by molar-refractivity contribution is 0.824. The Morgan fingerprint density at radius 3 is 1.75 bits per heavy atom. The molecular formula is C6H9NO. The molecule has 0 atom stereocenters. The molecule has 0 amide bonds. The van der Waals surface area contributed by atoms with E-state index >= 15 is 0 Å². The second kappa shape index (κ2) is 4.15. The summed E-state index contributed by atoms with van der Waals surface area (Å²) < 4.78 is 0. The van der Waals surface area contributed by atoms with Gasteiger partial charge in [0.2, 0.25) is 0 Å². The molecule has 0 saturated carbocycles. The van der Waals surface area contributed by atoms with Gasteiger partial charge >= 0.3 is 0 Å². The van der Waals surface area contributed by atoms with E-state index in [4.69, 9.17) is 0 Å². The summed E-state index contributed by atoms with van der Waals surface area (Å²) >= 11 is 0. The zero-order chi connectivity index (χ0) is 4.95. The van der Waals surface area contributed by atoms with Crippen LogP contribution in [0.4, 0.5) is 0 Å². The molecule has 1 aliphatic heterocycles. The van der Waals surface area contributed by atoms with Crippen molar-refractivity contribution in [1.82, 2.24) is 5.32 Å². The average molecular weight is 111 g/mol. The van der Waals surface area contributed by atoms with Gasteiger partial charge in [-0.25, -0.2) is 0 Å². The fraction of sp³-hybridized carbons (Fsp3) is 0. The van der Waals surface area contributed by atoms with E-state index in [1.54, 1.807) is 0 Å². The quantitative estimate of drug-likeness (QED) is 0.481. The molecule has 3 N–H and O–H groups in total. The molecule has 0 unspecified atom stereocenters. The molecule has 2 nitrogen and oxygen atoms in total. The molecule has 1 aliphatic rings. The summed E-state index contributed by atoms with van der Waals surface area (Å²) in [7, 11) is 0. The van der Waals surface area contributed by atoms with Gasteiger partial charge in [-0.2, -0.15) is 0 Å². The normalized spacial score (nSPS) is 14.0. The molecule has 0 spiro atoms. The topological polar surface area (TPSA) is 43.5 Å². The third-order valence-electron chi connectivity index (χ3n) is 0.718. The van der Waals surface area contributed by atoms with Crippen LogP contribution in [0.3, 0.4) is 0 Å². The Balaban J connectivity index is 0.000000490. The minimum Gasteiger partial charge on any atom is -0.412 e. The van der Waals surface area contributed by atoms with Gasteiger partial charge in [0.15, 0.2) is 0 Å². The zero-order valence-electron chi connectivity index (χ0n) is 4.46. The molecule has 2 heteroatoms. The highest BCUT2D eigenvalue weighted by atomic mass is 16.0. The molecule has 8 heavy (non-hydrogen) atoms. The summed E-state index contributed by atoms with van der Waals surface area (Å²) in [6, 6.07) is 0. The zero-order valence-corrected chi connectivity index (χ0v) is 4.46. The van der Waals surface area contributed by atoms with Crippen LogP contribution >= 0.6 is 0 Å². The van der Waals surface area contributed by atoms with E-state index in [-0.39, 0.29) is 5.48 Å². The Kier molecular flexibility index (Phi) is 3.62. The molecule has 44 valence electrons. The molecule has 0 aliphatic carbocycles. The van der Waals surface area contributed by atoms with E-state index in [0.29, 0.717) is 0 Å². The van der Waals surface area contributed by atoms with Gasteiger partial charge in [-0.05, 0) is 12.2 Å². The van der Waals surface area contributed by atoms with Gasteiger partial charge in [0.05, 0.1) is 0 Å². The number of hydrogen-bond donors (Lipinski definition) is 1. The van der Waals surface area contributed by atoms with E-state index in [1.807, 2.05) is 36.7 Å². The van der Waals surface area contributed by atoms with Crippen molar-refractivity contribution in [2.45, 2.75) is 0 Å². The third kappa shape index (κ3) is 2.21. The molecule has 0 radical (unpaired) electrons. The number of allylic oxidation sites excluding steroid dienone is 4. The first-order valence-corrected chi connectivity index (χ1v) is 2.24. The van der Waals surface area contributed by atoms with Gasteiger partial charge in [0.1, 0.15) is 0 Å². The Bertz CT molecular complexity index is 110. The predicted octanol–water partition coefficient (Wildman–Crippen LogP) is 0.348. The number of nitrogens with one attached hydrogen (secondary N) is 1. The maximum absolute atomic E-state index is 2.92. The maximum Gasteiger partial charge on any atom is 0.000442 e. The standard InChI is InChI=1S/C6H7N.H2O/c1-2-4-6-7-5-3-1;/h1-7H;1H2. The molecule has 0 fully saturated rings. The molecule has 0 aromatic carbocycles. The van der Waals surface area contributed by atoms with Gasteiger partial charge in [0.25, 0.3) is 0 Å². The van der Waals surface area contributed by atoms with E-state index in [0.717, 1.165) is 0 Å². The van der Waals surface area contributed by atoms with Crippen LogP contribution in [0.5, 0.6) is 0 Å². The molecular weight excluding hydrogens is 102 g/mol. The van der Waals surface area contributed by atoms with Crippen LogP contribution in [0.1, 0.15) is 0 Å². The summed E-state index contributed by atoms with van der Waals surface area (Å²) in [6.45, 7) is 0. The van der Waals surface area contributed by atoms with Crippen LogP contribution < -0.4 is 5.32 Å². The van der Waals surface area contributed by atoms with Crippen LogP contribution in [0.25, 0.3) is 0 Å².